The maximum absolute atomic E-state index is 2.31. The number of hydrogen-bond acceptors (Lipinski definition) is 0. The smallest absolute Gasteiger partial charge is 0.0119 e. The van der Waals surface area contributed by atoms with Crippen LogP contribution in [0.4, 0.5) is 0 Å². The molecule has 0 aromatic heterocycles. The molecule has 3 rings (SSSR count). The molecule has 110 valence electrons. The first-order chi connectivity index (χ1) is 10.6. The standard InChI is InChI=1S/C22H22/c1-15-10-12-20(13-11-15)22-17(3)14-16(2)21(18(22)4)19-8-6-5-7-9-19/h5-14H,1-4H3. The quantitative estimate of drug-likeness (QED) is 0.522. The second kappa shape index (κ2) is 5.81. The van der Waals surface area contributed by atoms with Crippen molar-refractivity contribution in [1.82, 2.24) is 0 Å². The van der Waals surface area contributed by atoms with Crippen molar-refractivity contribution >= 4 is 0 Å². The third kappa shape index (κ3) is 2.57. The van der Waals surface area contributed by atoms with Crippen LogP contribution in [-0.4, -0.2) is 0 Å². The molecule has 0 atom stereocenters. The highest BCUT2D eigenvalue weighted by atomic mass is 14.2. The summed E-state index contributed by atoms with van der Waals surface area (Å²) in [6.45, 7) is 8.80. The van der Waals surface area contributed by atoms with Crippen LogP contribution < -0.4 is 0 Å². The van der Waals surface area contributed by atoms with E-state index in [0.29, 0.717) is 0 Å². The summed E-state index contributed by atoms with van der Waals surface area (Å²) in [5.41, 5.74) is 10.7. The topological polar surface area (TPSA) is 0 Å². The molecule has 0 spiro atoms. The van der Waals surface area contributed by atoms with Gasteiger partial charge in [-0.3, -0.25) is 0 Å². The highest BCUT2D eigenvalue weighted by Gasteiger charge is 2.13. The van der Waals surface area contributed by atoms with E-state index in [4.69, 9.17) is 0 Å². The Labute approximate surface area is 133 Å². The predicted octanol–water partition coefficient (Wildman–Crippen LogP) is 6.25. The molecule has 0 amide bonds. The van der Waals surface area contributed by atoms with Gasteiger partial charge >= 0.3 is 0 Å². The van der Waals surface area contributed by atoms with Gasteiger partial charge in [0.2, 0.25) is 0 Å². The lowest BCUT2D eigenvalue weighted by Gasteiger charge is -2.18. The predicted molar refractivity (Wildman–Crippen MR) is 96.3 cm³/mol. The number of rotatable bonds is 2. The van der Waals surface area contributed by atoms with Gasteiger partial charge in [-0.05, 0) is 66.6 Å². The summed E-state index contributed by atoms with van der Waals surface area (Å²) < 4.78 is 0. The van der Waals surface area contributed by atoms with Gasteiger partial charge in [-0.25, -0.2) is 0 Å². The lowest BCUT2D eigenvalue weighted by molar-refractivity contribution is 1.31. The first-order valence-corrected chi connectivity index (χ1v) is 7.81. The van der Waals surface area contributed by atoms with Gasteiger partial charge in [0, 0.05) is 0 Å². The van der Waals surface area contributed by atoms with Gasteiger partial charge in [-0.2, -0.15) is 0 Å². The molecule has 0 bridgehead atoms. The second-order valence-electron chi connectivity index (χ2n) is 6.12. The van der Waals surface area contributed by atoms with E-state index in [0.717, 1.165) is 0 Å². The maximum atomic E-state index is 2.31. The zero-order valence-electron chi connectivity index (χ0n) is 13.8. The fourth-order valence-electron chi connectivity index (χ4n) is 3.40. The lowest BCUT2D eigenvalue weighted by atomic mass is 9.86. The molecule has 0 unspecified atom stereocenters. The summed E-state index contributed by atoms with van der Waals surface area (Å²) in [4.78, 5) is 0. The van der Waals surface area contributed by atoms with E-state index in [1.165, 1.54) is 44.5 Å². The highest BCUT2D eigenvalue weighted by molar-refractivity contribution is 5.82. The van der Waals surface area contributed by atoms with Crippen LogP contribution in [0.25, 0.3) is 22.3 Å². The molecule has 0 fully saturated rings. The Morgan fingerprint density at radius 3 is 1.59 bits per heavy atom. The number of hydrogen-bond donors (Lipinski definition) is 0. The summed E-state index contributed by atoms with van der Waals surface area (Å²) in [7, 11) is 0. The molecule has 3 aromatic carbocycles. The fraction of sp³-hybridized carbons (Fsp3) is 0.182. The molecule has 0 nitrogen and oxygen atoms in total. The summed E-state index contributed by atoms with van der Waals surface area (Å²) in [6.07, 6.45) is 0. The largest absolute Gasteiger partial charge is 0.0622 e. The maximum Gasteiger partial charge on any atom is -0.0119 e. The van der Waals surface area contributed by atoms with Gasteiger partial charge in [0.1, 0.15) is 0 Å². The van der Waals surface area contributed by atoms with Crippen LogP contribution in [0.15, 0.2) is 60.7 Å². The first-order valence-electron chi connectivity index (χ1n) is 7.81. The number of aryl methyl sites for hydroxylation is 3. The molecule has 0 aliphatic rings. The zero-order chi connectivity index (χ0) is 15.7. The molecule has 3 aromatic rings. The second-order valence-corrected chi connectivity index (χ2v) is 6.12. The molecule has 0 heteroatoms. The Balaban J connectivity index is 2.26. The fourth-order valence-corrected chi connectivity index (χ4v) is 3.40. The van der Waals surface area contributed by atoms with Gasteiger partial charge in [-0.1, -0.05) is 66.2 Å². The van der Waals surface area contributed by atoms with Crippen LogP contribution in [-0.2, 0) is 0 Å². The molecule has 0 heterocycles. The number of benzene rings is 3. The average molecular weight is 286 g/mol. The van der Waals surface area contributed by atoms with Crippen LogP contribution in [0.2, 0.25) is 0 Å². The monoisotopic (exact) mass is 286 g/mol. The van der Waals surface area contributed by atoms with Crippen molar-refractivity contribution in [2.24, 2.45) is 0 Å². The van der Waals surface area contributed by atoms with E-state index < -0.39 is 0 Å². The summed E-state index contributed by atoms with van der Waals surface area (Å²) in [5, 5.41) is 0. The Kier molecular flexibility index (Phi) is 3.85. The molecule has 0 radical (unpaired) electrons. The SMILES string of the molecule is Cc1ccc(-c2c(C)cc(C)c(-c3ccccc3)c2C)cc1. The van der Waals surface area contributed by atoms with E-state index in [9.17, 15) is 0 Å². The van der Waals surface area contributed by atoms with E-state index in [1.807, 2.05) is 0 Å². The lowest BCUT2D eigenvalue weighted by Crippen LogP contribution is -1.95. The molecule has 0 saturated carbocycles. The Bertz CT molecular complexity index is 794. The van der Waals surface area contributed by atoms with E-state index in [-0.39, 0.29) is 0 Å². The van der Waals surface area contributed by atoms with Crippen LogP contribution in [0.1, 0.15) is 22.3 Å². The summed E-state index contributed by atoms with van der Waals surface area (Å²) >= 11 is 0. The third-order valence-corrected chi connectivity index (χ3v) is 4.37. The van der Waals surface area contributed by atoms with E-state index in [1.54, 1.807) is 0 Å². The van der Waals surface area contributed by atoms with Gasteiger partial charge in [0.25, 0.3) is 0 Å². The van der Waals surface area contributed by atoms with Gasteiger partial charge in [-0.15, -0.1) is 0 Å². The Hall–Kier alpha value is -2.34. The van der Waals surface area contributed by atoms with Gasteiger partial charge in [0.05, 0.1) is 0 Å². The molecule has 0 saturated heterocycles. The van der Waals surface area contributed by atoms with E-state index >= 15 is 0 Å². The Morgan fingerprint density at radius 2 is 1.05 bits per heavy atom. The van der Waals surface area contributed by atoms with Crippen molar-refractivity contribution in [2.75, 3.05) is 0 Å². The van der Waals surface area contributed by atoms with Crippen molar-refractivity contribution in [1.29, 1.82) is 0 Å². The minimum absolute atomic E-state index is 1.30. The van der Waals surface area contributed by atoms with E-state index in [2.05, 4.69) is 88.4 Å². The zero-order valence-corrected chi connectivity index (χ0v) is 13.8. The first kappa shape index (κ1) is 14.6. The normalized spacial score (nSPS) is 10.7. The minimum atomic E-state index is 1.30. The van der Waals surface area contributed by atoms with Crippen molar-refractivity contribution in [3.8, 4) is 22.3 Å². The molecule has 22 heavy (non-hydrogen) atoms. The van der Waals surface area contributed by atoms with Crippen LogP contribution in [0.5, 0.6) is 0 Å². The third-order valence-electron chi connectivity index (χ3n) is 4.37. The van der Waals surface area contributed by atoms with Crippen molar-refractivity contribution < 1.29 is 0 Å². The Morgan fingerprint density at radius 1 is 0.545 bits per heavy atom. The molecular weight excluding hydrogens is 264 g/mol. The van der Waals surface area contributed by atoms with Gasteiger partial charge < -0.3 is 0 Å². The van der Waals surface area contributed by atoms with Crippen molar-refractivity contribution in [3.63, 3.8) is 0 Å². The molecular formula is C22H22. The average Bonchev–Trinajstić information content (AvgIpc) is 2.50. The van der Waals surface area contributed by atoms with Gasteiger partial charge in [0.15, 0.2) is 0 Å². The van der Waals surface area contributed by atoms with Crippen LogP contribution in [0, 0.1) is 27.7 Å². The van der Waals surface area contributed by atoms with Crippen molar-refractivity contribution in [2.45, 2.75) is 27.7 Å². The molecule has 0 N–H and O–H groups in total. The summed E-state index contributed by atoms with van der Waals surface area (Å²) in [6, 6.07) is 21.8. The highest BCUT2D eigenvalue weighted by Crippen LogP contribution is 2.36. The minimum Gasteiger partial charge on any atom is -0.0622 e. The summed E-state index contributed by atoms with van der Waals surface area (Å²) in [5.74, 6) is 0. The van der Waals surface area contributed by atoms with Crippen LogP contribution in [0.3, 0.4) is 0 Å². The molecule has 0 aliphatic carbocycles. The molecule has 0 aliphatic heterocycles. The van der Waals surface area contributed by atoms with Crippen LogP contribution >= 0.6 is 0 Å². The van der Waals surface area contributed by atoms with Crippen molar-refractivity contribution in [3.05, 3.63) is 82.9 Å².